The molecular formula is C28H32N2O4. The summed E-state index contributed by atoms with van der Waals surface area (Å²) in [6, 6.07) is 6.06. The van der Waals surface area contributed by atoms with Gasteiger partial charge < -0.3 is 19.2 Å². The number of aromatic hydroxyl groups is 1. The molecule has 1 N–H and O–H groups in total. The molecule has 3 fully saturated rings. The van der Waals surface area contributed by atoms with E-state index in [-0.39, 0.29) is 23.5 Å². The largest absolute Gasteiger partial charge is 0.508 e. The van der Waals surface area contributed by atoms with E-state index < -0.39 is 0 Å². The molecule has 2 bridgehead atoms. The summed E-state index contributed by atoms with van der Waals surface area (Å²) in [7, 11) is 1.91. The lowest BCUT2D eigenvalue weighted by molar-refractivity contribution is -0.135. The second kappa shape index (κ2) is 7.38. The summed E-state index contributed by atoms with van der Waals surface area (Å²) in [6.45, 7) is 2.27. The summed E-state index contributed by atoms with van der Waals surface area (Å²) in [4.78, 5) is 17.8. The number of carbonyl (C=O) groups excluding carboxylic acids is 1. The van der Waals surface area contributed by atoms with Gasteiger partial charge in [-0.1, -0.05) is 0 Å². The molecule has 3 heterocycles. The summed E-state index contributed by atoms with van der Waals surface area (Å²) in [6.07, 6.45) is 13.3. The molecule has 0 unspecified atom stereocenters. The van der Waals surface area contributed by atoms with E-state index in [1.807, 2.05) is 24.1 Å². The highest BCUT2D eigenvalue weighted by Crippen LogP contribution is 2.63. The molecule has 0 radical (unpaired) electrons. The van der Waals surface area contributed by atoms with Crippen molar-refractivity contribution in [2.75, 3.05) is 20.1 Å². The maximum atomic E-state index is 13.2. The van der Waals surface area contributed by atoms with E-state index in [1.54, 1.807) is 30.7 Å². The number of ether oxygens (including phenoxy) is 1. The van der Waals surface area contributed by atoms with Crippen LogP contribution in [0.5, 0.6) is 11.5 Å². The molecule has 6 nitrogen and oxygen atoms in total. The molecule has 1 aromatic carbocycles. The van der Waals surface area contributed by atoms with Gasteiger partial charge in [0.05, 0.1) is 18.6 Å². The number of benzene rings is 1. The van der Waals surface area contributed by atoms with Gasteiger partial charge in [-0.2, -0.15) is 0 Å². The van der Waals surface area contributed by atoms with Crippen LogP contribution in [0.2, 0.25) is 0 Å². The van der Waals surface area contributed by atoms with Gasteiger partial charge in [0, 0.05) is 47.8 Å². The number of amides is 1. The number of carbonyl (C=O) groups is 1. The zero-order valence-corrected chi connectivity index (χ0v) is 19.7. The van der Waals surface area contributed by atoms with Crippen molar-refractivity contribution >= 4 is 12.0 Å². The Morgan fingerprint density at radius 1 is 1.26 bits per heavy atom. The third-order valence-corrected chi connectivity index (χ3v) is 9.42. The maximum absolute atomic E-state index is 13.2. The zero-order chi connectivity index (χ0) is 23.0. The van der Waals surface area contributed by atoms with E-state index in [0.29, 0.717) is 17.7 Å². The van der Waals surface area contributed by atoms with Crippen molar-refractivity contribution in [3.8, 4) is 11.5 Å². The van der Waals surface area contributed by atoms with Crippen molar-refractivity contribution in [2.24, 2.45) is 11.8 Å². The van der Waals surface area contributed by atoms with Gasteiger partial charge in [0.2, 0.25) is 5.91 Å². The van der Waals surface area contributed by atoms with Crippen LogP contribution in [0.15, 0.2) is 41.2 Å². The first-order valence-corrected chi connectivity index (χ1v) is 12.8. The molecule has 3 aliphatic carbocycles. The minimum atomic E-state index is -0.113. The lowest BCUT2D eigenvalue weighted by atomic mass is 9.51. The first kappa shape index (κ1) is 20.6. The van der Waals surface area contributed by atoms with E-state index in [0.717, 1.165) is 55.0 Å². The molecule has 5 atom stereocenters. The van der Waals surface area contributed by atoms with Gasteiger partial charge in [-0.25, -0.2) is 0 Å². The Labute approximate surface area is 200 Å². The third kappa shape index (κ3) is 2.87. The van der Waals surface area contributed by atoms with Crippen molar-refractivity contribution in [1.29, 1.82) is 0 Å². The number of likely N-dealkylation sites (N-methyl/N-ethyl adjacent to an activating group) is 1. The predicted molar refractivity (Wildman–Crippen MR) is 128 cm³/mol. The average Bonchev–Trinajstić information content (AvgIpc) is 3.38. The van der Waals surface area contributed by atoms with Gasteiger partial charge in [-0.05, 0) is 81.2 Å². The number of hydrogen-bond donors (Lipinski definition) is 1. The summed E-state index contributed by atoms with van der Waals surface area (Å²) in [5.74, 6) is 2.70. The van der Waals surface area contributed by atoms with Crippen LogP contribution in [0.3, 0.4) is 0 Å². The number of furan rings is 1. The van der Waals surface area contributed by atoms with E-state index in [9.17, 15) is 9.90 Å². The first-order chi connectivity index (χ1) is 16.6. The summed E-state index contributed by atoms with van der Waals surface area (Å²) >= 11 is 0. The summed E-state index contributed by atoms with van der Waals surface area (Å²) in [5.41, 5.74) is 3.12. The van der Waals surface area contributed by atoms with Gasteiger partial charge in [0.25, 0.3) is 0 Å². The molecule has 1 spiro atoms. The fraction of sp³-hybridized carbons (Fsp3) is 0.536. The van der Waals surface area contributed by atoms with E-state index in [1.165, 1.54) is 24.9 Å². The number of nitrogens with zero attached hydrogens (tertiary/aromatic N) is 2. The lowest BCUT2D eigenvalue weighted by Crippen LogP contribution is -2.69. The molecule has 1 aromatic heterocycles. The minimum Gasteiger partial charge on any atom is -0.508 e. The van der Waals surface area contributed by atoms with Crippen LogP contribution in [0.4, 0.5) is 0 Å². The molecule has 1 amide bonds. The average molecular weight is 461 g/mol. The highest BCUT2D eigenvalue weighted by atomic mass is 16.5. The van der Waals surface area contributed by atoms with Gasteiger partial charge in [-0.3, -0.25) is 9.69 Å². The lowest BCUT2D eigenvalue weighted by Gasteiger charge is -2.60. The molecule has 34 heavy (non-hydrogen) atoms. The van der Waals surface area contributed by atoms with Crippen molar-refractivity contribution in [3.05, 3.63) is 53.5 Å². The van der Waals surface area contributed by atoms with Gasteiger partial charge in [0.15, 0.2) is 0 Å². The molecule has 5 aliphatic rings. The Hall–Kier alpha value is -2.73. The fourth-order valence-electron chi connectivity index (χ4n) is 7.68. The quantitative estimate of drug-likeness (QED) is 0.684. The first-order valence-electron chi connectivity index (χ1n) is 12.8. The Balaban J connectivity index is 1.24. The second-order valence-corrected chi connectivity index (χ2v) is 11.1. The monoisotopic (exact) mass is 460 g/mol. The van der Waals surface area contributed by atoms with Crippen molar-refractivity contribution in [2.45, 2.75) is 62.1 Å². The normalized spacial score (nSPS) is 33.6. The van der Waals surface area contributed by atoms with E-state index in [2.05, 4.69) is 4.90 Å². The summed E-state index contributed by atoms with van der Waals surface area (Å²) < 4.78 is 11.8. The maximum Gasteiger partial charge on any atom is 0.246 e. The highest BCUT2D eigenvalue weighted by molar-refractivity contribution is 5.91. The summed E-state index contributed by atoms with van der Waals surface area (Å²) in [5, 5.41) is 10.9. The molecule has 2 saturated carbocycles. The minimum absolute atomic E-state index is 0.00822. The Morgan fingerprint density at radius 2 is 2.15 bits per heavy atom. The fourth-order valence-corrected chi connectivity index (χ4v) is 7.68. The van der Waals surface area contributed by atoms with Crippen molar-refractivity contribution < 1.29 is 19.1 Å². The predicted octanol–water partition coefficient (Wildman–Crippen LogP) is 3.97. The van der Waals surface area contributed by atoms with Gasteiger partial charge >= 0.3 is 0 Å². The van der Waals surface area contributed by atoms with Crippen LogP contribution in [-0.2, 0) is 16.6 Å². The van der Waals surface area contributed by atoms with Crippen LogP contribution in [0.25, 0.3) is 6.08 Å². The zero-order valence-electron chi connectivity index (χ0n) is 19.7. The van der Waals surface area contributed by atoms with Crippen LogP contribution in [0.1, 0.15) is 48.8 Å². The number of phenols is 1. The van der Waals surface area contributed by atoms with E-state index >= 15 is 0 Å². The highest BCUT2D eigenvalue weighted by Gasteiger charge is 2.66. The molecule has 2 aromatic rings. The Kier molecular flexibility index (Phi) is 4.48. The molecule has 178 valence electrons. The number of rotatable bonds is 5. The second-order valence-electron chi connectivity index (χ2n) is 11.1. The smallest absolute Gasteiger partial charge is 0.246 e. The third-order valence-electron chi connectivity index (χ3n) is 9.42. The number of piperidine rings is 1. The SMILES string of the molecule is CN(C(=O)/C=C/c1ccoc1)[C@H]1CC[C@H]2[C@H]3Cc4c(O)ccc5c4[C@@]2(CCN3CC2CC2)[C@H]1O5. The van der Waals surface area contributed by atoms with Crippen molar-refractivity contribution in [1.82, 2.24) is 9.80 Å². The molecular weight excluding hydrogens is 428 g/mol. The van der Waals surface area contributed by atoms with Crippen LogP contribution >= 0.6 is 0 Å². The van der Waals surface area contributed by atoms with Gasteiger partial charge in [0.1, 0.15) is 17.6 Å². The Morgan fingerprint density at radius 3 is 2.94 bits per heavy atom. The number of likely N-dealkylation sites (tertiary alicyclic amines) is 1. The van der Waals surface area contributed by atoms with Crippen molar-refractivity contribution in [3.63, 3.8) is 0 Å². The molecule has 7 rings (SSSR count). The van der Waals surface area contributed by atoms with Gasteiger partial charge in [-0.15, -0.1) is 0 Å². The Bertz CT molecular complexity index is 1150. The standard InChI is InChI=1S/C28H32N2O4/c1-29(25(32)9-4-18-10-13-33-16-18)21-6-5-20-22-14-19-23(31)7-8-24-26(19)28(20,27(21)34-24)11-12-30(22)15-17-2-3-17/h4,7-10,13,16-17,20-22,27,31H,2-3,5-6,11-12,14-15H2,1H3/b9-4+/t20-,21-,22+,27-,28-/m0/s1. The van der Waals surface area contributed by atoms with Crippen LogP contribution in [0, 0.1) is 11.8 Å². The molecule has 2 aliphatic heterocycles. The topological polar surface area (TPSA) is 66.2 Å². The number of phenolic OH excluding ortho intramolecular Hbond substituents is 1. The van der Waals surface area contributed by atoms with E-state index in [4.69, 9.17) is 9.15 Å². The molecule has 6 heteroatoms. The van der Waals surface area contributed by atoms with Crippen LogP contribution in [-0.4, -0.2) is 59.1 Å². The number of hydrogen-bond acceptors (Lipinski definition) is 5. The molecule has 1 saturated heterocycles. The van der Waals surface area contributed by atoms with Crippen LogP contribution < -0.4 is 4.74 Å².